The molecule has 2 rings (SSSR count). The molecule has 5 heteroatoms. The second kappa shape index (κ2) is 7.29. The summed E-state index contributed by atoms with van der Waals surface area (Å²) in [4.78, 5) is 4.09. The summed E-state index contributed by atoms with van der Waals surface area (Å²) in [6.45, 7) is 2.29. The number of aryl methyl sites for hydroxylation is 1. The second-order valence-corrected chi connectivity index (χ2v) is 6.58. The van der Waals surface area contributed by atoms with E-state index in [4.69, 9.17) is 0 Å². The smallest absolute Gasteiger partial charge is 0.141 e. The number of nitrogens with one attached hydrogen (secondary N) is 1. The van der Waals surface area contributed by atoms with E-state index >= 15 is 0 Å². The average molecular weight is 296 g/mol. The number of thioether (sulfide) groups is 1. The van der Waals surface area contributed by atoms with Gasteiger partial charge in [0.2, 0.25) is 0 Å². The van der Waals surface area contributed by atoms with Gasteiger partial charge in [-0.15, -0.1) is 0 Å². The van der Waals surface area contributed by atoms with Crippen LogP contribution in [-0.2, 0) is 13.2 Å². The summed E-state index contributed by atoms with van der Waals surface area (Å²) in [5, 5.41) is 23.8. The Bertz CT molecular complexity index is 446. The minimum atomic E-state index is -0.0862. The van der Waals surface area contributed by atoms with E-state index in [1.165, 1.54) is 25.7 Å². The Hall–Kier alpha value is -0.780. The van der Waals surface area contributed by atoms with Gasteiger partial charge < -0.3 is 15.5 Å². The molecule has 0 spiro atoms. The molecule has 4 nitrogen and oxygen atoms in total. The number of aromatic nitrogens is 1. The van der Waals surface area contributed by atoms with E-state index in [1.807, 2.05) is 11.8 Å². The van der Waals surface area contributed by atoms with Crippen molar-refractivity contribution in [1.82, 2.24) is 10.3 Å². The Labute approximate surface area is 125 Å². The van der Waals surface area contributed by atoms with Crippen molar-refractivity contribution >= 4 is 11.8 Å². The average Bonchev–Trinajstić information content (AvgIpc) is 2.49. The van der Waals surface area contributed by atoms with Gasteiger partial charge in [0.15, 0.2) is 0 Å². The standard InChI is InChI=1S/C15H24N2O2S/c1-10-15(19)14(11(9-18)7-16-10)8-17-12-3-5-13(20-2)6-4-12/h7,12-13,17-19H,3-6,8-9H2,1-2H3. The highest BCUT2D eigenvalue weighted by Crippen LogP contribution is 2.28. The lowest BCUT2D eigenvalue weighted by Gasteiger charge is -2.28. The van der Waals surface area contributed by atoms with Crippen molar-refractivity contribution in [2.24, 2.45) is 0 Å². The maximum atomic E-state index is 10.1. The van der Waals surface area contributed by atoms with Crippen LogP contribution in [0.4, 0.5) is 0 Å². The van der Waals surface area contributed by atoms with Crippen LogP contribution < -0.4 is 5.32 Å². The van der Waals surface area contributed by atoms with Crippen molar-refractivity contribution in [1.29, 1.82) is 0 Å². The van der Waals surface area contributed by atoms with Crippen molar-refractivity contribution in [3.63, 3.8) is 0 Å². The predicted octanol–water partition coefficient (Wildman–Crippen LogP) is 2.35. The molecular weight excluding hydrogens is 272 g/mol. The molecule has 0 atom stereocenters. The third-order valence-electron chi connectivity index (χ3n) is 4.18. The van der Waals surface area contributed by atoms with Gasteiger partial charge in [-0.25, -0.2) is 0 Å². The zero-order valence-corrected chi connectivity index (χ0v) is 13.0. The summed E-state index contributed by atoms with van der Waals surface area (Å²) in [5.74, 6) is 0.210. The Morgan fingerprint density at radius 3 is 2.65 bits per heavy atom. The van der Waals surface area contributed by atoms with Gasteiger partial charge in [0.05, 0.1) is 12.3 Å². The maximum Gasteiger partial charge on any atom is 0.141 e. The monoisotopic (exact) mass is 296 g/mol. The van der Waals surface area contributed by atoms with Crippen molar-refractivity contribution in [3.8, 4) is 5.75 Å². The number of aliphatic hydroxyl groups is 1. The van der Waals surface area contributed by atoms with Crippen molar-refractivity contribution in [2.45, 2.75) is 57.1 Å². The second-order valence-electron chi connectivity index (χ2n) is 5.44. The zero-order chi connectivity index (χ0) is 14.5. The summed E-state index contributed by atoms with van der Waals surface area (Å²) in [7, 11) is 0. The van der Waals surface area contributed by atoms with Gasteiger partial charge in [-0.3, -0.25) is 4.98 Å². The number of aromatic hydroxyl groups is 1. The molecule has 0 aliphatic heterocycles. The Morgan fingerprint density at radius 2 is 2.05 bits per heavy atom. The van der Waals surface area contributed by atoms with E-state index < -0.39 is 0 Å². The Balaban J connectivity index is 1.96. The molecule has 1 fully saturated rings. The fraction of sp³-hybridized carbons (Fsp3) is 0.667. The van der Waals surface area contributed by atoms with Crippen LogP contribution in [0.2, 0.25) is 0 Å². The molecule has 0 bridgehead atoms. The van der Waals surface area contributed by atoms with Gasteiger partial charge in [0, 0.05) is 35.2 Å². The molecule has 1 aliphatic rings. The lowest BCUT2D eigenvalue weighted by molar-refractivity contribution is 0.277. The first-order valence-electron chi connectivity index (χ1n) is 7.19. The van der Waals surface area contributed by atoms with Crippen molar-refractivity contribution in [2.75, 3.05) is 6.26 Å². The maximum absolute atomic E-state index is 10.1. The van der Waals surface area contributed by atoms with E-state index in [-0.39, 0.29) is 12.4 Å². The molecule has 3 N–H and O–H groups in total. The number of hydrogen-bond acceptors (Lipinski definition) is 5. The summed E-state index contributed by atoms with van der Waals surface area (Å²) in [5.41, 5.74) is 2.11. The topological polar surface area (TPSA) is 65.4 Å². The molecule has 1 aromatic heterocycles. The predicted molar refractivity (Wildman–Crippen MR) is 83.0 cm³/mol. The quantitative estimate of drug-likeness (QED) is 0.778. The SMILES string of the molecule is CSC1CCC(NCc2c(CO)cnc(C)c2O)CC1. The lowest BCUT2D eigenvalue weighted by atomic mass is 9.94. The van der Waals surface area contributed by atoms with Gasteiger partial charge in [-0.05, 0) is 38.9 Å². The largest absolute Gasteiger partial charge is 0.506 e. The van der Waals surface area contributed by atoms with Crippen LogP contribution in [0.15, 0.2) is 6.20 Å². The number of nitrogens with zero attached hydrogens (tertiary/aromatic N) is 1. The molecule has 20 heavy (non-hydrogen) atoms. The molecule has 112 valence electrons. The van der Waals surface area contributed by atoms with Crippen LogP contribution in [0.3, 0.4) is 0 Å². The van der Waals surface area contributed by atoms with E-state index in [9.17, 15) is 10.2 Å². The summed E-state index contributed by atoms with van der Waals surface area (Å²) in [6.07, 6.45) is 8.72. The number of aliphatic hydroxyl groups excluding tert-OH is 1. The van der Waals surface area contributed by atoms with E-state index in [0.717, 1.165) is 10.8 Å². The van der Waals surface area contributed by atoms with Crippen LogP contribution in [0.5, 0.6) is 5.75 Å². The molecule has 0 amide bonds. The van der Waals surface area contributed by atoms with Crippen LogP contribution >= 0.6 is 11.8 Å². The molecular formula is C15H24N2O2S. The van der Waals surface area contributed by atoms with E-state index in [1.54, 1.807) is 13.1 Å². The van der Waals surface area contributed by atoms with Gasteiger partial charge in [0.25, 0.3) is 0 Å². The molecule has 1 aliphatic carbocycles. The van der Waals surface area contributed by atoms with Gasteiger partial charge >= 0.3 is 0 Å². The molecule has 0 saturated heterocycles. The summed E-state index contributed by atoms with van der Waals surface area (Å²) in [6, 6.07) is 0.512. The van der Waals surface area contributed by atoms with Crippen molar-refractivity contribution < 1.29 is 10.2 Å². The van der Waals surface area contributed by atoms with Crippen LogP contribution in [0.1, 0.15) is 42.5 Å². The third kappa shape index (κ3) is 3.65. The highest BCUT2D eigenvalue weighted by Gasteiger charge is 2.21. The molecule has 0 unspecified atom stereocenters. The van der Waals surface area contributed by atoms with E-state index in [2.05, 4.69) is 16.6 Å². The van der Waals surface area contributed by atoms with E-state index in [0.29, 0.717) is 23.8 Å². The molecule has 0 radical (unpaired) electrons. The number of hydrogen-bond donors (Lipinski definition) is 3. The van der Waals surface area contributed by atoms with Gasteiger partial charge in [0.1, 0.15) is 5.75 Å². The molecule has 0 aromatic carbocycles. The fourth-order valence-electron chi connectivity index (χ4n) is 2.77. The molecule has 1 aromatic rings. The summed E-state index contributed by atoms with van der Waals surface area (Å²) >= 11 is 1.96. The first-order valence-corrected chi connectivity index (χ1v) is 8.47. The summed E-state index contributed by atoms with van der Waals surface area (Å²) < 4.78 is 0. The third-order valence-corrected chi connectivity index (χ3v) is 5.31. The van der Waals surface area contributed by atoms with Crippen LogP contribution in [0.25, 0.3) is 0 Å². The zero-order valence-electron chi connectivity index (χ0n) is 12.2. The van der Waals surface area contributed by atoms with Crippen molar-refractivity contribution in [3.05, 3.63) is 23.0 Å². The first kappa shape index (κ1) is 15.6. The number of pyridine rings is 1. The highest BCUT2D eigenvalue weighted by molar-refractivity contribution is 7.99. The molecule has 1 saturated carbocycles. The molecule has 1 heterocycles. The normalized spacial score (nSPS) is 22.9. The highest BCUT2D eigenvalue weighted by atomic mass is 32.2. The Morgan fingerprint density at radius 1 is 1.35 bits per heavy atom. The lowest BCUT2D eigenvalue weighted by Crippen LogP contribution is -2.33. The van der Waals surface area contributed by atoms with Crippen LogP contribution in [0, 0.1) is 6.92 Å². The fourth-order valence-corrected chi connectivity index (χ4v) is 3.51. The first-order chi connectivity index (χ1) is 9.65. The minimum Gasteiger partial charge on any atom is -0.506 e. The Kier molecular flexibility index (Phi) is 5.69. The van der Waals surface area contributed by atoms with Gasteiger partial charge in [-0.1, -0.05) is 0 Å². The minimum absolute atomic E-state index is 0.0862. The van der Waals surface area contributed by atoms with Crippen LogP contribution in [-0.4, -0.2) is 32.7 Å². The number of rotatable bonds is 5. The van der Waals surface area contributed by atoms with Gasteiger partial charge in [-0.2, -0.15) is 11.8 Å².